The van der Waals surface area contributed by atoms with E-state index in [0.717, 1.165) is 6.07 Å². The van der Waals surface area contributed by atoms with Gasteiger partial charge in [-0.1, -0.05) is 0 Å². The van der Waals surface area contributed by atoms with Crippen molar-refractivity contribution in [2.45, 2.75) is 12.3 Å². The summed E-state index contributed by atoms with van der Waals surface area (Å²) in [7, 11) is 2.59. The van der Waals surface area contributed by atoms with E-state index in [-0.39, 0.29) is 11.3 Å². The summed E-state index contributed by atoms with van der Waals surface area (Å²) in [5, 5.41) is 9.19. The van der Waals surface area contributed by atoms with Crippen LogP contribution >= 0.6 is 15.9 Å². The van der Waals surface area contributed by atoms with Crippen LogP contribution in [0.1, 0.15) is 11.7 Å². The molecule has 0 spiro atoms. The van der Waals surface area contributed by atoms with Gasteiger partial charge in [-0.15, -0.1) is 0 Å². The van der Waals surface area contributed by atoms with E-state index in [1.165, 1.54) is 20.3 Å². The summed E-state index contributed by atoms with van der Waals surface area (Å²) in [5.74, 6) is 0.231. The number of hydrogen-bond donors (Lipinski definition) is 1. The summed E-state index contributed by atoms with van der Waals surface area (Å²) in [6, 6.07) is 2.39. The lowest BCUT2D eigenvalue weighted by molar-refractivity contribution is -0.207. The van der Waals surface area contributed by atoms with Crippen LogP contribution in [0.2, 0.25) is 0 Å². The van der Waals surface area contributed by atoms with Crippen LogP contribution < -0.4 is 9.47 Å². The Kier molecular flexibility index (Phi) is 4.26. The van der Waals surface area contributed by atoms with Gasteiger partial charge in [-0.2, -0.15) is 13.2 Å². The maximum Gasteiger partial charge on any atom is 0.418 e. The van der Waals surface area contributed by atoms with Gasteiger partial charge in [0.25, 0.3) is 0 Å². The second kappa shape index (κ2) is 5.14. The monoisotopic (exact) mass is 314 g/mol. The molecule has 0 radical (unpaired) electrons. The van der Waals surface area contributed by atoms with E-state index >= 15 is 0 Å². The zero-order valence-corrected chi connectivity index (χ0v) is 10.6. The van der Waals surface area contributed by atoms with Gasteiger partial charge in [0.2, 0.25) is 0 Å². The Morgan fingerprint density at radius 1 is 1.18 bits per heavy atom. The number of aliphatic hydroxyl groups is 1. The van der Waals surface area contributed by atoms with E-state index in [0.29, 0.717) is 10.2 Å². The molecule has 17 heavy (non-hydrogen) atoms. The molecule has 0 aliphatic heterocycles. The van der Waals surface area contributed by atoms with Crippen molar-refractivity contribution in [3.8, 4) is 11.5 Å². The van der Waals surface area contributed by atoms with Crippen molar-refractivity contribution in [3.05, 3.63) is 22.2 Å². The number of aliphatic hydroxyl groups excluding tert-OH is 1. The number of methoxy groups -OCH3 is 2. The first-order valence-corrected chi connectivity index (χ1v) is 5.26. The minimum Gasteiger partial charge on any atom is -0.496 e. The molecule has 0 heterocycles. The molecule has 0 aliphatic rings. The minimum atomic E-state index is -4.75. The molecule has 1 aromatic rings. The van der Waals surface area contributed by atoms with Gasteiger partial charge in [-0.05, 0) is 22.0 Å². The molecule has 0 aromatic heterocycles. The highest BCUT2D eigenvalue weighted by molar-refractivity contribution is 9.10. The molecule has 1 N–H and O–H groups in total. The summed E-state index contributed by atoms with van der Waals surface area (Å²) < 4.78 is 47.3. The molecule has 0 fully saturated rings. The van der Waals surface area contributed by atoms with Crippen LogP contribution in [0.15, 0.2) is 16.6 Å². The lowest BCUT2D eigenvalue weighted by Gasteiger charge is -2.18. The van der Waals surface area contributed by atoms with E-state index in [1.807, 2.05) is 0 Å². The average molecular weight is 315 g/mol. The maximum atomic E-state index is 12.4. The third kappa shape index (κ3) is 3.04. The van der Waals surface area contributed by atoms with Crippen molar-refractivity contribution in [2.24, 2.45) is 0 Å². The van der Waals surface area contributed by atoms with E-state index in [9.17, 15) is 18.3 Å². The topological polar surface area (TPSA) is 38.7 Å². The Hall–Kier alpha value is -0.950. The minimum absolute atomic E-state index is 0.0881. The third-order valence-corrected chi connectivity index (χ3v) is 2.73. The highest BCUT2D eigenvalue weighted by Crippen LogP contribution is 2.41. The Balaban J connectivity index is 3.28. The Labute approximate surface area is 104 Å². The summed E-state index contributed by atoms with van der Waals surface area (Å²) in [6.45, 7) is 0. The molecule has 0 bridgehead atoms. The molecule has 0 amide bonds. The molecule has 1 aromatic carbocycles. The molecule has 96 valence electrons. The van der Waals surface area contributed by atoms with Crippen molar-refractivity contribution in [3.63, 3.8) is 0 Å². The van der Waals surface area contributed by atoms with Gasteiger partial charge in [-0.25, -0.2) is 0 Å². The van der Waals surface area contributed by atoms with Crippen LogP contribution in [-0.4, -0.2) is 25.5 Å². The number of benzene rings is 1. The summed E-state index contributed by atoms with van der Waals surface area (Å²) >= 11 is 3.05. The first-order chi connectivity index (χ1) is 7.81. The molecular formula is C10H10BrF3O3. The first-order valence-electron chi connectivity index (χ1n) is 4.47. The molecule has 1 rings (SSSR count). The predicted octanol–water partition coefficient (Wildman–Crippen LogP) is 3.06. The van der Waals surface area contributed by atoms with Crippen LogP contribution in [0.4, 0.5) is 13.2 Å². The molecule has 1 unspecified atom stereocenters. The molecule has 0 aliphatic carbocycles. The number of ether oxygens (including phenoxy) is 2. The molecule has 3 nitrogen and oxygen atoms in total. The van der Waals surface area contributed by atoms with E-state index in [4.69, 9.17) is 9.47 Å². The first kappa shape index (κ1) is 14.1. The molecule has 0 saturated heterocycles. The highest BCUT2D eigenvalue weighted by Gasteiger charge is 2.41. The van der Waals surface area contributed by atoms with Crippen molar-refractivity contribution >= 4 is 15.9 Å². The Bertz CT molecular complexity index is 407. The zero-order valence-electron chi connectivity index (χ0n) is 9.01. The largest absolute Gasteiger partial charge is 0.496 e. The van der Waals surface area contributed by atoms with Gasteiger partial charge in [0.05, 0.1) is 18.7 Å². The standard InChI is InChI=1S/C10H10BrF3O3/c1-16-7-4-8(17-2)6(11)3-5(7)9(15)10(12,13)14/h3-4,9,15H,1-2H3. The predicted molar refractivity (Wildman–Crippen MR) is 58.3 cm³/mol. The summed E-state index contributed by atoms with van der Waals surface area (Å²) in [4.78, 5) is 0. The third-order valence-electron chi connectivity index (χ3n) is 2.11. The van der Waals surface area contributed by atoms with E-state index < -0.39 is 12.3 Å². The fourth-order valence-corrected chi connectivity index (χ4v) is 1.80. The SMILES string of the molecule is COc1cc(OC)c(C(O)C(F)(F)F)cc1Br. The zero-order chi connectivity index (χ0) is 13.2. The Morgan fingerprint density at radius 3 is 2.12 bits per heavy atom. The fourth-order valence-electron chi connectivity index (χ4n) is 1.27. The van der Waals surface area contributed by atoms with Crippen molar-refractivity contribution < 1.29 is 27.8 Å². The van der Waals surface area contributed by atoms with Crippen LogP contribution in [0, 0.1) is 0 Å². The second-order valence-corrected chi connectivity index (χ2v) is 4.03. The highest BCUT2D eigenvalue weighted by atomic mass is 79.9. The van der Waals surface area contributed by atoms with Gasteiger partial charge in [0.1, 0.15) is 11.5 Å². The van der Waals surface area contributed by atoms with Crippen molar-refractivity contribution in [1.82, 2.24) is 0 Å². The number of halogens is 4. The number of hydrogen-bond acceptors (Lipinski definition) is 3. The van der Waals surface area contributed by atoms with Gasteiger partial charge >= 0.3 is 6.18 Å². The smallest absolute Gasteiger partial charge is 0.418 e. The average Bonchev–Trinajstić information content (AvgIpc) is 2.26. The normalized spacial score (nSPS) is 13.4. The van der Waals surface area contributed by atoms with Gasteiger partial charge in [-0.3, -0.25) is 0 Å². The number of alkyl halides is 3. The van der Waals surface area contributed by atoms with Gasteiger partial charge < -0.3 is 14.6 Å². The fraction of sp³-hybridized carbons (Fsp3) is 0.400. The lowest BCUT2D eigenvalue weighted by atomic mass is 10.1. The summed E-state index contributed by atoms with van der Waals surface area (Å²) in [5.41, 5.74) is -0.368. The van der Waals surface area contributed by atoms with Crippen molar-refractivity contribution in [2.75, 3.05) is 14.2 Å². The van der Waals surface area contributed by atoms with Crippen LogP contribution in [0.5, 0.6) is 11.5 Å². The quantitative estimate of drug-likeness (QED) is 0.932. The van der Waals surface area contributed by atoms with Crippen molar-refractivity contribution in [1.29, 1.82) is 0 Å². The van der Waals surface area contributed by atoms with Gasteiger partial charge in [0.15, 0.2) is 6.10 Å². The molecular weight excluding hydrogens is 305 g/mol. The number of rotatable bonds is 3. The van der Waals surface area contributed by atoms with Gasteiger partial charge in [0, 0.05) is 11.6 Å². The van der Waals surface area contributed by atoms with Crippen LogP contribution in [0.3, 0.4) is 0 Å². The molecule has 1 atom stereocenters. The second-order valence-electron chi connectivity index (χ2n) is 3.17. The molecule has 0 saturated carbocycles. The lowest BCUT2D eigenvalue weighted by Crippen LogP contribution is -2.20. The summed E-state index contributed by atoms with van der Waals surface area (Å²) in [6.07, 6.45) is -7.35. The van der Waals surface area contributed by atoms with Crippen LogP contribution in [0.25, 0.3) is 0 Å². The Morgan fingerprint density at radius 2 is 1.71 bits per heavy atom. The van der Waals surface area contributed by atoms with E-state index in [2.05, 4.69) is 15.9 Å². The molecule has 7 heteroatoms. The maximum absolute atomic E-state index is 12.4. The van der Waals surface area contributed by atoms with Crippen LogP contribution in [-0.2, 0) is 0 Å². The van der Waals surface area contributed by atoms with E-state index in [1.54, 1.807) is 0 Å².